The molecule has 0 unspecified atom stereocenters. The fourth-order valence-electron chi connectivity index (χ4n) is 3.78. The summed E-state index contributed by atoms with van der Waals surface area (Å²) in [5.74, 6) is -0.262. The highest BCUT2D eigenvalue weighted by Crippen LogP contribution is 2.49. The van der Waals surface area contributed by atoms with E-state index < -0.39 is 4.75 Å². The van der Waals surface area contributed by atoms with Gasteiger partial charge in [-0.15, -0.1) is 23.1 Å². The molecule has 0 saturated carbocycles. The number of aromatic nitrogens is 1. The molecule has 0 radical (unpaired) electrons. The van der Waals surface area contributed by atoms with Crippen LogP contribution in [0.15, 0.2) is 102 Å². The van der Waals surface area contributed by atoms with Crippen LogP contribution in [0.4, 0.5) is 0 Å². The molecule has 4 aromatic rings. The second kappa shape index (κ2) is 11.5. The van der Waals surface area contributed by atoms with Crippen LogP contribution in [-0.4, -0.2) is 17.4 Å². The first-order valence-corrected chi connectivity index (χ1v) is 12.6. The topological polar surface area (TPSA) is 65.8 Å². The molecule has 1 heterocycles. The van der Waals surface area contributed by atoms with Crippen LogP contribution in [0, 0.1) is 11.3 Å². The SMILES string of the molecule is N#CCCNC(=O)c1ncsc1C=CSC(c1ccccc1)(c1ccccc1)c1ccccc1. The first-order valence-electron chi connectivity index (χ1n) is 10.9. The van der Waals surface area contributed by atoms with Crippen molar-refractivity contribution in [2.75, 3.05) is 6.54 Å². The van der Waals surface area contributed by atoms with E-state index >= 15 is 0 Å². The van der Waals surface area contributed by atoms with Gasteiger partial charge in [0.25, 0.3) is 5.91 Å². The number of thiazole rings is 1. The summed E-state index contributed by atoms with van der Waals surface area (Å²) in [6.45, 7) is 0.309. The Morgan fingerprint density at radius 3 is 1.97 bits per heavy atom. The first-order chi connectivity index (χ1) is 16.8. The highest BCUT2D eigenvalue weighted by Gasteiger charge is 2.36. The minimum atomic E-state index is -0.472. The van der Waals surface area contributed by atoms with Gasteiger partial charge in [-0.1, -0.05) is 91.0 Å². The van der Waals surface area contributed by atoms with Crippen molar-refractivity contribution in [1.82, 2.24) is 10.3 Å². The molecule has 0 aliphatic carbocycles. The van der Waals surface area contributed by atoms with Gasteiger partial charge in [0.2, 0.25) is 0 Å². The summed E-state index contributed by atoms with van der Waals surface area (Å²) in [6.07, 6.45) is 2.22. The Morgan fingerprint density at radius 1 is 0.941 bits per heavy atom. The lowest BCUT2D eigenvalue weighted by Crippen LogP contribution is -2.25. The van der Waals surface area contributed by atoms with Gasteiger partial charge in [-0.05, 0) is 28.2 Å². The first kappa shape index (κ1) is 23.5. The Hall–Kier alpha value is -3.66. The summed E-state index contributed by atoms with van der Waals surface area (Å²) in [5.41, 5.74) is 5.55. The molecule has 1 amide bonds. The molecule has 3 aromatic carbocycles. The van der Waals surface area contributed by atoms with Gasteiger partial charge in [-0.25, -0.2) is 4.98 Å². The van der Waals surface area contributed by atoms with E-state index in [1.165, 1.54) is 28.0 Å². The van der Waals surface area contributed by atoms with Gasteiger partial charge in [0.05, 0.1) is 27.6 Å². The summed E-state index contributed by atoms with van der Waals surface area (Å²) in [6, 6.07) is 33.4. The van der Waals surface area contributed by atoms with E-state index in [1.54, 1.807) is 17.3 Å². The van der Waals surface area contributed by atoms with E-state index in [2.05, 4.69) is 83.1 Å². The van der Waals surface area contributed by atoms with Gasteiger partial charge in [0.15, 0.2) is 0 Å². The Labute approximate surface area is 208 Å². The van der Waals surface area contributed by atoms with E-state index in [1.807, 2.05) is 35.8 Å². The third kappa shape index (κ3) is 5.12. The summed E-state index contributed by atoms with van der Waals surface area (Å²) in [7, 11) is 0. The lowest BCUT2D eigenvalue weighted by molar-refractivity contribution is 0.0950. The van der Waals surface area contributed by atoms with Gasteiger partial charge in [0, 0.05) is 6.54 Å². The van der Waals surface area contributed by atoms with E-state index in [4.69, 9.17) is 5.26 Å². The summed E-state index contributed by atoms with van der Waals surface area (Å²) in [5, 5.41) is 13.5. The van der Waals surface area contributed by atoms with Crippen molar-refractivity contribution in [3.05, 3.63) is 129 Å². The van der Waals surface area contributed by atoms with E-state index in [-0.39, 0.29) is 12.3 Å². The van der Waals surface area contributed by atoms with Crippen LogP contribution in [0.5, 0.6) is 0 Å². The molecule has 0 atom stereocenters. The molecule has 168 valence electrons. The van der Waals surface area contributed by atoms with Gasteiger partial charge in [0.1, 0.15) is 5.69 Å². The Morgan fingerprint density at radius 2 is 1.47 bits per heavy atom. The smallest absolute Gasteiger partial charge is 0.271 e. The van der Waals surface area contributed by atoms with E-state index in [0.717, 1.165) is 4.88 Å². The van der Waals surface area contributed by atoms with Crippen molar-refractivity contribution in [2.24, 2.45) is 0 Å². The molecule has 0 aliphatic rings. The van der Waals surface area contributed by atoms with Crippen molar-refractivity contribution in [3.8, 4) is 6.07 Å². The Kier molecular flexibility index (Phi) is 7.92. The van der Waals surface area contributed by atoms with E-state index in [9.17, 15) is 4.79 Å². The zero-order valence-corrected chi connectivity index (χ0v) is 20.1. The number of thioether (sulfide) groups is 1. The number of hydrogen-bond donors (Lipinski definition) is 1. The predicted molar refractivity (Wildman–Crippen MR) is 141 cm³/mol. The number of nitriles is 1. The monoisotopic (exact) mass is 481 g/mol. The predicted octanol–water partition coefficient (Wildman–Crippen LogP) is 6.48. The second-order valence-corrected chi connectivity index (χ2v) is 9.44. The summed E-state index contributed by atoms with van der Waals surface area (Å²) in [4.78, 5) is 17.5. The number of benzene rings is 3. The number of carbonyl (C=O) groups is 1. The van der Waals surface area contributed by atoms with Crippen LogP contribution in [0.1, 0.15) is 38.5 Å². The quantitative estimate of drug-likeness (QED) is 0.219. The number of amides is 1. The van der Waals surface area contributed by atoms with Crippen LogP contribution < -0.4 is 5.32 Å². The summed E-state index contributed by atoms with van der Waals surface area (Å²) < 4.78 is -0.472. The van der Waals surface area contributed by atoms with Crippen molar-refractivity contribution in [1.29, 1.82) is 5.26 Å². The third-order valence-corrected chi connectivity index (χ3v) is 7.46. The maximum absolute atomic E-state index is 12.5. The molecular weight excluding hydrogens is 458 g/mol. The number of carbonyl (C=O) groups excluding carboxylic acids is 1. The number of hydrogen-bond acceptors (Lipinski definition) is 5. The minimum Gasteiger partial charge on any atom is -0.350 e. The highest BCUT2D eigenvalue weighted by atomic mass is 32.2. The normalized spacial score (nSPS) is 11.3. The average Bonchev–Trinajstić information content (AvgIpc) is 3.37. The molecule has 6 heteroatoms. The molecule has 0 spiro atoms. The van der Waals surface area contributed by atoms with Gasteiger partial charge in [-0.2, -0.15) is 5.26 Å². The van der Waals surface area contributed by atoms with Crippen molar-refractivity contribution >= 4 is 35.1 Å². The van der Waals surface area contributed by atoms with Gasteiger partial charge < -0.3 is 5.32 Å². The number of rotatable bonds is 9. The highest BCUT2D eigenvalue weighted by molar-refractivity contribution is 8.03. The van der Waals surface area contributed by atoms with Crippen LogP contribution in [-0.2, 0) is 4.75 Å². The van der Waals surface area contributed by atoms with Crippen LogP contribution in [0.2, 0.25) is 0 Å². The van der Waals surface area contributed by atoms with E-state index in [0.29, 0.717) is 12.2 Å². The molecule has 4 nitrogen and oxygen atoms in total. The molecule has 0 fully saturated rings. The zero-order valence-electron chi connectivity index (χ0n) is 18.4. The molecule has 0 saturated heterocycles. The maximum Gasteiger partial charge on any atom is 0.271 e. The molecule has 4 rings (SSSR count). The fraction of sp³-hybridized carbons (Fsp3) is 0.107. The average molecular weight is 482 g/mol. The van der Waals surface area contributed by atoms with Gasteiger partial charge in [-0.3, -0.25) is 4.79 Å². The van der Waals surface area contributed by atoms with Crippen molar-refractivity contribution < 1.29 is 4.79 Å². The number of nitrogens with one attached hydrogen (secondary N) is 1. The van der Waals surface area contributed by atoms with Crippen molar-refractivity contribution in [2.45, 2.75) is 11.2 Å². The summed E-state index contributed by atoms with van der Waals surface area (Å²) >= 11 is 3.11. The lowest BCUT2D eigenvalue weighted by atomic mass is 9.84. The Bertz CT molecular complexity index is 1180. The fourth-order valence-corrected chi connectivity index (χ4v) is 5.77. The Balaban J connectivity index is 1.73. The second-order valence-electron chi connectivity index (χ2n) is 7.43. The van der Waals surface area contributed by atoms with Crippen LogP contribution >= 0.6 is 23.1 Å². The number of nitrogens with zero attached hydrogens (tertiary/aromatic N) is 2. The molecular formula is C28H23N3OS2. The standard InChI is InChI=1S/C28H23N3OS2/c29-18-10-19-30-27(32)26-25(33-21-31-26)17-20-34-28(22-11-4-1-5-12-22,23-13-6-2-7-14-23)24-15-8-3-9-16-24/h1-9,11-17,20-21H,10,19H2,(H,30,32). The van der Waals surface area contributed by atoms with Crippen LogP contribution in [0.3, 0.4) is 0 Å². The largest absolute Gasteiger partial charge is 0.350 e. The molecule has 1 aromatic heterocycles. The zero-order chi connectivity index (χ0) is 23.6. The third-order valence-electron chi connectivity index (χ3n) is 5.34. The minimum absolute atomic E-state index is 0.262. The molecule has 34 heavy (non-hydrogen) atoms. The van der Waals surface area contributed by atoms with Crippen LogP contribution in [0.25, 0.3) is 6.08 Å². The van der Waals surface area contributed by atoms with Crippen molar-refractivity contribution in [3.63, 3.8) is 0 Å². The molecule has 0 bridgehead atoms. The maximum atomic E-state index is 12.5. The molecule has 1 N–H and O–H groups in total. The van der Waals surface area contributed by atoms with Gasteiger partial charge >= 0.3 is 0 Å². The molecule has 0 aliphatic heterocycles. The lowest BCUT2D eigenvalue weighted by Gasteiger charge is -2.34.